The van der Waals surface area contributed by atoms with Crippen LogP contribution in [0.5, 0.6) is 0 Å². The van der Waals surface area contributed by atoms with Crippen LogP contribution >= 0.6 is 12.2 Å². The second kappa shape index (κ2) is 3.72. The molecular formula is C6H9NOS. The van der Waals surface area contributed by atoms with E-state index in [1.54, 1.807) is 0 Å². The Hall–Kier alpha value is -0.240. The summed E-state index contributed by atoms with van der Waals surface area (Å²) < 4.78 is 5.15. The lowest BCUT2D eigenvalue weighted by Gasteiger charge is -2.16. The van der Waals surface area contributed by atoms with Gasteiger partial charge in [0.2, 0.25) is 0 Å². The molecule has 0 aromatic heterocycles. The molecule has 3 heteroatoms. The van der Waals surface area contributed by atoms with Crippen LogP contribution in [0.3, 0.4) is 0 Å². The molecule has 0 radical (unpaired) electrons. The van der Waals surface area contributed by atoms with Gasteiger partial charge in [-0.25, -0.2) is 4.99 Å². The molecule has 2 nitrogen and oxygen atoms in total. The molecule has 0 aromatic carbocycles. The van der Waals surface area contributed by atoms with Crippen molar-refractivity contribution in [3.8, 4) is 0 Å². The molecule has 1 atom stereocenters. The number of rotatable bonds is 1. The van der Waals surface area contributed by atoms with Gasteiger partial charge in [-0.05, 0) is 25.1 Å². The van der Waals surface area contributed by atoms with Gasteiger partial charge in [0, 0.05) is 6.61 Å². The number of hydrogen-bond acceptors (Lipinski definition) is 3. The van der Waals surface area contributed by atoms with Crippen molar-refractivity contribution in [1.29, 1.82) is 0 Å². The largest absolute Gasteiger partial charge is 0.379 e. The maximum absolute atomic E-state index is 5.15. The number of nitrogens with zero attached hydrogens (tertiary/aromatic N) is 1. The Morgan fingerprint density at radius 3 is 3.11 bits per heavy atom. The van der Waals surface area contributed by atoms with Crippen LogP contribution in [-0.2, 0) is 4.74 Å². The summed E-state index contributed by atoms with van der Waals surface area (Å²) >= 11 is 4.46. The molecule has 0 amide bonds. The topological polar surface area (TPSA) is 21.6 Å². The number of ether oxygens (including phenoxy) is 1. The van der Waals surface area contributed by atoms with Gasteiger partial charge in [0.15, 0.2) is 0 Å². The predicted molar refractivity (Wildman–Crippen MR) is 38.9 cm³/mol. The molecule has 1 aliphatic heterocycles. The van der Waals surface area contributed by atoms with E-state index in [1.165, 1.54) is 0 Å². The molecule has 1 saturated heterocycles. The Bertz CT molecular complexity index is 125. The van der Waals surface area contributed by atoms with Crippen LogP contribution in [0.25, 0.3) is 0 Å². The van der Waals surface area contributed by atoms with Crippen molar-refractivity contribution in [3.63, 3.8) is 0 Å². The van der Waals surface area contributed by atoms with Crippen molar-refractivity contribution >= 4 is 17.4 Å². The first-order chi connectivity index (χ1) is 4.43. The average molecular weight is 143 g/mol. The molecule has 0 aliphatic carbocycles. The summed E-state index contributed by atoms with van der Waals surface area (Å²) in [4.78, 5) is 3.92. The fourth-order valence-electron chi connectivity index (χ4n) is 0.900. The van der Waals surface area contributed by atoms with Crippen LogP contribution < -0.4 is 0 Å². The van der Waals surface area contributed by atoms with Gasteiger partial charge in [-0.1, -0.05) is 0 Å². The second-order valence-corrected chi connectivity index (χ2v) is 2.27. The molecule has 1 aliphatic rings. The standard InChI is InChI=1S/C6H9NOS/c9-5-7-6-2-1-3-8-4-6/h6H,1-4H2/t6-/m0/s1. The van der Waals surface area contributed by atoms with Gasteiger partial charge >= 0.3 is 0 Å². The summed E-state index contributed by atoms with van der Waals surface area (Å²) in [5.41, 5.74) is 0. The van der Waals surface area contributed by atoms with Gasteiger partial charge in [-0.15, -0.1) is 0 Å². The summed E-state index contributed by atoms with van der Waals surface area (Å²) in [6, 6.07) is 0.288. The monoisotopic (exact) mass is 143 g/mol. The normalized spacial score (nSPS) is 26.9. The molecule has 1 rings (SSSR count). The van der Waals surface area contributed by atoms with E-state index in [4.69, 9.17) is 4.74 Å². The van der Waals surface area contributed by atoms with Gasteiger partial charge in [0.05, 0.1) is 17.8 Å². The molecule has 50 valence electrons. The van der Waals surface area contributed by atoms with Crippen molar-refractivity contribution in [3.05, 3.63) is 0 Å². The lowest BCUT2D eigenvalue weighted by Crippen LogP contribution is -2.19. The smallest absolute Gasteiger partial charge is 0.0836 e. The highest BCUT2D eigenvalue weighted by molar-refractivity contribution is 7.78. The van der Waals surface area contributed by atoms with Crippen molar-refractivity contribution in [2.24, 2.45) is 4.99 Å². The minimum atomic E-state index is 0.288. The molecule has 1 fully saturated rings. The van der Waals surface area contributed by atoms with E-state index < -0.39 is 0 Å². The minimum Gasteiger partial charge on any atom is -0.379 e. The van der Waals surface area contributed by atoms with Gasteiger partial charge in [-0.2, -0.15) is 0 Å². The van der Waals surface area contributed by atoms with E-state index in [1.807, 2.05) is 0 Å². The predicted octanol–water partition coefficient (Wildman–Crippen LogP) is 1.27. The summed E-state index contributed by atoms with van der Waals surface area (Å²) in [6.07, 6.45) is 2.20. The fraction of sp³-hybridized carbons (Fsp3) is 0.833. The van der Waals surface area contributed by atoms with Crippen molar-refractivity contribution < 1.29 is 4.74 Å². The first-order valence-corrected chi connectivity index (χ1v) is 3.49. The minimum absolute atomic E-state index is 0.288. The number of isothiocyanates is 1. The molecule has 9 heavy (non-hydrogen) atoms. The van der Waals surface area contributed by atoms with E-state index in [9.17, 15) is 0 Å². The zero-order chi connectivity index (χ0) is 6.53. The lowest BCUT2D eigenvalue weighted by atomic mass is 10.1. The maximum Gasteiger partial charge on any atom is 0.0836 e. The third-order valence-electron chi connectivity index (χ3n) is 1.37. The Labute approximate surface area is 59.9 Å². The Balaban J connectivity index is 2.31. The molecule has 0 bridgehead atoms. The second-order valence-electron chi connectivity index (χ2n) is 2.09. The van der Waals surface area contributed by atoms with E-state index in [-0.39, 0.29) is 6.04 Å². The van der Waals surface area contributed by atoms with E-state index in [2.05, 4.69) is 22.4 Å². The van der Waals surface area contributed by atoms with Gasteiger partial charge in [0.1, 0.15) is 0 Å². The van der Waals surface area contributed by atoms with Crippen molar-refractivity contribution in [1.82, 2.24) is 0 Å². The highest BCUT2D eigenvalue weighted by atomic mass is 32.1. The molecule has 0 spiro atoms. The lowest BCUT2D eigenvalue weighted by molar-refractivity contribution is 0.0831. The van der Waals surface area contributed by atoms with Gasteiger partial charge < -0.3 is 4.74 Å². The first-order valence-electron chi connectivity index (χ1n) is 3.08. The van der Waals surface area contributed by atoms with Crippen LogP contribution in [0.1, 0.15) is 12.8 Å². The number of hydrogen-bond donors (Lipinski definition) is 0. The number of aliphatic imine (C=N–C) groups is 1. The third kappa shape index (κ3) is 2.22. The highest BCUT2D eigenvalue weighted by Crippen LogP contribution is 2.08. The number of thiocarbonyl (C=S) groups is 1. The third-order valence-corrected chi connectivity index (χ3v) is 1.48. The molecular weight excluding hydrogens is 134 g/mol. The Morgan fingerprint density at radius 2 is 2.56 bits per heavy atom. The molecule has 0 N–H and O–H groups in total. The van der Waals surface area contributed by atoms with Crippen LogP contribution in [0.4, 0.5) is 0 Å². The summed E-state index contributed by atoms with van der Waals surface area (Å²) in [5, 5.41) is 2.37. The molecule has 0 saturated carbocycles. The fourth-order valence-corrected chi connectivity index (χ4v) is 1.05. The van der Waals surface area contributed by atoms with E-state index in [0.717, 1.165) is 26.1 Å². The summed E-state index contributed by atoms with van der Waals surface area (Å²) in [6.45, 7) is 1.60. The zero-order valence-electron chi connectivity index (χ0n) is 5.17. The zero-order valence-corrected chi connectivity index (χ0v) is 5.99. The molecule has 1 heterocycles. The van der Waals surface area contributed by atoms with Crippen LogP contribution in [0, 0.1) is 0 Å². The van der Waals surface area contributed by atoms with E-state index in [0.29, 0.717) is 0 Å². The van der Waals surface area contributed by atoms with Crippen molar-refractivity contribution in [2.45, 2.75) is 18.9 Å². The average Bonchev–Trinajstić information content (AvgIpc) is 1.91. The van der Waals surface area contributed by atoms with Gasteiger partial charge in [0.25, 0.3) is 0 Å². The Kier molecular flexibility index (Phi) is 2.84. The summed E-state index contributed by atoms with van der Waals surface area (Å²) in [7, 11) is 0. The van der Waals surface area contributed by atoms with Crippen LogP contribution in [-0.4, -0.2) is 24.4 Å². The van der Waals surface area contributed by atoms with Crippen LogP contribution in [0.2, 0.25) is 0 Å². The van der Waals surface area contributed by atoms with Crippen molar-refractivity contribution in [2.75, 3.05) is 13.2 Å². The summed E-state index contributed by atoms with van der Waals surface area (Å²) in [5.74, 6) is 0. The highest BCUT2D eigenvalue weighted by Gasteiger charge is 2.10. The van der Waals surface area contributed by atoms with E-state index >= 15 is 0 Å². The maximum atomic E-state index is 5.15. The van der Waals surface area contributed by atoms with Crippen LogP contribution in [0.15, 0.2) is 4.99 Å². The quantitative estimate of drug-likeness (QED) is 0.407. The first kappa shape index (κ1) is 6.87. The SMILES string of the molecule is S=C=N[C@H]1CCCOC1. The molecule has 0 aromatic rings. The molecule has 0 unspecified atom stereocenters. The Morgan fingerprint density at radius 1 is 1.67 bits per heavy atom. The van der Waals surface area contributed by atoms with Gasteiger partial charge in [-0.3, -0.25) is 0 Å².